The minimum Gasteiger partial charge on any atom is -0.372 e. The molecule has 0 radical (unpaired) electrons. The van der Waals surface area contributed by atoms with Crippen LogP contribution in [0.2, 0.25) is 0 Å². The second-order valence-corrected chi connectivity index (χ2v) is 5.09. The van der Waals surface area contributed by atoms with E-state index in [4.69, 9.17) is 5.73 Å². The number of hydrogen-bond acceptors (Lipinski definition) is 3. The molecule has 0 saturated heterocycles. The molecule has 1 fully saturated rings. The molecule has 0 heterocycles. The molecule has 118 valence electrons. The molecule has 20 heavy (non-hydrogen) atoms. The van der Waals surface area contributed by atoms with Gasteiger partial charge in [0.05, 0.1) is 13.0 Å². The normalized spacial score (nSPS) is 17.2. The molecule has 0 aromatic rings. The van der Waals surface area contributed by atoms with E-state index in [1.165, 1.54) is 6.42 Å². The number of nitrogens with zero attached hydrogens (tertiary/aromatic N) is 1. The number of rotatable bonds is 7. The predicted molar refractivity (Wildman–Crippen MR) is 69.1 cm³/mol. The first-order chi connectivity index (χ1) is 9.44. The summed E-state index contributed by atoms with van der Waals surface area (Å²) in [6.07, 6.45) is 0.892. The van der Waals surface area contributed by atoms with E-state index in [2.05, 4.69) is 4.74 Å². The minimum absolute atomic E-state index is 0.0212. The first kappa shape index (κ1) is 17.2. The van der Waals surface area contributed by atoms with Gasteiger partial charge < -0.3 is 15.4 Å². The highest BCUT2D eigenvalue weighted by molar-refractivity contribution is 5.76. The molecule has 0 bridgehead atoms. The molecule has 4 nitrogen and oxygen atoms in total. The van der Waals surface area contributed by atoms with Crippen molar-refractivity contribution >= 4 is 5.91 Å². The molecular formula is C13H23F3N2O2. The van der Waals surface area contributed by atoms with Gasteiger partial charge in [-0.1, -0.05) is 19.3 Å². The van der Waals surface area contributed by atoms with Crippen molar-refractivity contribution in [3.63, 3.8) is 0 Å². The second kappa shape index (κ2) is 8.46. The number of halogens is 3. The Hall–Kier alpha value is -0.820. The van der Waals surface area contributed by atoms with Crippen LogP contribution in [0.4, 0.5) is 13.2 Å². The van der Waals surface area contributed by atoms with Gasteiger partial charge >= 0.3 is 6.18 Å². The number of carbonyl (C=O) groups excluding carboxylic acids is 1. The lowest BCUT2D eigenvalue weighted by atomic mass is 9.94. The standard InChI is InChI=1S/C13H23F3N2O2/c14-13(15,16)10-20-9-6-12(19)18(8-7-17)11-4-2-1-3-5-11/h11H,1-10,17H2. The zero-order chi connectivity index (χ0) is 15.0. The van der Waals surface area contributed by atoms with E-state index in [9.17, 15) is 18.0 Å². The van der Waals surface area contributed by atoms with Gasteiger partial charge in [-0.3, -0.25) is 4.79 Å². The van der Waals surface area contributed by atoms with Crippen molar-refractivity contribution in [2.45, 2.75) is 50.7 Å². The summed E-state index contributed by atoms with van der Waals surface area (Å²) < 4.78 is 40.2. The maximum atomic E-state index is 12.1. The van der Waals surface area contributed by atoms with Crippen LogP contribution in [0.25, 0.3) is 0 Å². The van der Waals surface area contributed by atoms with Crippen LogP contribution >= 0.6 is 0 Å². The largest absolute Gasteiger partial charge is 0.411 e. The zero-order valence-corrected chi connectivity index (χ0v) is 11.6. The van der Waals surface area contributed by atoms with Gasteiger partial charge in [-0.25, -0.2) is 0 Å². The van der Waals surface area contributed by atoms with Gasteiger partial charge in [0.25, 0.3) is 0 Å². The highest BCUT2D eigenvalue weighted by atomic mass is 19.4. The lowest BCUT2D eigenvalue weighted by Gasteiger charge is -2.34. The predicted octanol–water partition coefficient (Wildman–Crippen LogP) is 2.08. The Labute approximate surface area is 117 Å². The van der Waals surface area contributed by atoms with Gasteiger partial charge in [0.15, 0.2) is 0 Å². The minimum atomic E-state index is -4.34. The molecule has 1 amide bonds. The van der Waals surface area contributed by atoms with Gasteiger partial charge in [-0.2, -0.15) is 13.2 Å². The highest BCUT2D eigenvalue weighted by Gasteiger charge is 2.28. The Morgan fingerprint density at radius 3 is 2.45 bits per heavy atom. The van der Waals surface area contributed by atoms with Crippen molar-refractivity contribution in [2.75, 3.05) is 26.3 Å². The number of hydrogen-bond donors (Lipinski definition) is 1. The van der Waals surface area contributed by atoms with E-state index in [-0.39, 0.29) is 25.0 Å². The summed E-state index contributed by atoms with van der Waals surface area (Å²) in [5.74, 6) is -0.162. The van der Waals surface area contributed by atoms with Crippen LogP contribution < -0.4 is 5.73 Å². The summed E-state index contributed by atoms with van der Waals surface area (Å²) in [6, 6.07) is 0.183. The Balaban J connectivity index is 2.35. The Morgan fingerprint density at radius 2 is 1.90 bits per heavy atom. The molecule has 2 N–H and O–H groups in total. The quantitative estimate of drug-likeness (QED) is 0.732. The average molecular weight is 296 g/mol. The van der Waals surface area contributed by atoms with Gasteiger partial charge in [0.2, 0.25) is 5.91 Å². The van der Waals surface area contributed by atoms with Gasteiger partial charge in [-0.05, 0) is 12.8 Å². The zero-order valence-electron chi connectivity index (χ0n) is 11.6. The lowest BCUT2D eigenvalue weighted by molar-refractivity contribution is -0.175. The summed E-state index contributed by atoms with van der Waals surface area (Å²) in [4.78, 5) is 13.8. The smallest absolute Gasteiger partial charge is 0.372 e. The third kappa shape index (κ3) is 6.56. The molecule has 7 heteroatoms. The van der Waals surface area contributed by atoms with E-state index in [1.807, 2.05) is 0 Å². The van der Waals surface area contributed by atoms with Crippen molar-refractivity contribution < 1.29 is 22.7 Å². The molecule has 0 unspecified atom stereocenters. The summed E-state index contributed by atoms with van der Waals surface area (Å²) in [6.45, 7) is -0.679. The van der Waals surface area contributed by atoms with E-state index < -0.39 is 12.8 Å². The molecule has 1 aliphatic rings. The molecule has 0 spiro atoms. The third-order valence-corrected chi connectivity index (χ3v) is 3.43. The Kier molecular flexibility index (Phi) is 7.29. The fourth-order valence-electron chi connectivity index (χ4n) is 2.53. The molecule has 0 aromatic carbocycles. The third-order valence-electron chi connectivity index (χ3n) is 3.43. The molecule has 0 aliphatic heterocycles. The van der Waals surface area contributed by atoms with Crippen molar-refractivity contribution in [1.82, 2.24) is 4.90 Å². The van der Waals surface area contributed by atoms with Crippen LogP contribution in [-0.4, -0.2) is 49.3 Å². The molecule has 0 aromatic heterocycles. The molecule has 1 saturated carbocycles. The maximum Gasteiger partial charge on any atom is 0.411 e. The Morgan fingerprint density at radius 1 is 1.25 bits per heavy atom. The fourth-order valence-corrected chi connectivity index (χ4v) is 2.53. The SMILES string of the molecule is NCCN(C(=O)CCOCC(F)(F)F)C1CCCCC1. The molecule has 1 rings (SSSR count). The average Bonchev–Trinajstić information content (AvgIpc) is 2.40. The Bertz CT molecular complexity index is 292. The number of amides is 1. The monoisotopic (exact) mass is 296 g/mol. The maximum absolute atomic E-state index is 12.1. The topological polar surface area (TPSA) is 55.6 Å². The van der Waals surface area contributed by atoms with Crippen LogP contribution in [-0.2, 0) is 9.53 Å². The van der Waals surface area contributed by atoms with E-state index in [1.54, 1.807) is 4.90 Å². The summed E-state index contributed by atoms with van der Waals surface area (Å²) in [5.41, 5.74) is 5.51. The second-order valence-electron chi connectivity index (χ2n) is 5.09. The van der Waals surface area contributed by atoms with Crippen molar-refractivity contribution in [3.8, 4) is 0 Å². The van der Waals surface area contributed by atoms with Gasteiger partial charge in [-0.15, -0.1) is 0 Å². The summed E-state index contributed by atoms with van der Waals surface area (Å²) in [5, 5.41) is 0. The molecule has 1 aliphatic carbocycles. The van der Waals surface area contributed by atoms with E-state index >= 15 is 0 Å². The van der Waals surface area contributed by atoms with Crippen LogP contribution in [0.1, 0.15) is 38.5 Å². The van der Waals surface area contributed by atoms with Crippen molar-refractivity contribution in [2.24, 2.45) is 5.73 Å². The van der Waals surface area contributed by atoms with Crippen LogP contribution in [0, 0.1) is 0 Å². The highest BCUT2D eigenvalue weighted by Crippen LogP contribution is 2.23. The van der Waals surface area contributed by atoms with Crippen LogP contribution in [0.5, 0.6) is 0 Å². The summed E-state index contributed by atoms with van der Waals surface area (Å²) >= 11 is 0. The van der Waals surface area contributed by atoms with Crippen molar-refractivity contribution in [1.29, 1.82) is 0 Å². The number of carbonyl (C=O) groups is 1. The summed E-state index contributed by atoms with van der Waals surface area (Å²) in [7, 11) is 0. The first-order valence-corrected chi connectivity index (χ1v) is 7.08. The lowest BCUT2D eigenvalue weighted by Crippen LogP contribution is -2.44. The fraction of sp³-hybridized carbons (Fsp3) is 0.923. The first-order valence-electron chi connectivity index (χ1n) is 7.08. The number of alkyl halides is 3. The molecular weight excluding hydrogens is 273 g/mol. The van der Waals surface area contributed by atoms with Crippen molar-refractivity contribution in [3.05, 3.63) is 0 Å². The van der Waals surface area contributed by atoms with Crippen LogP contribution in [0.15, 0.2) is 0 Å². The number of nitrogens with two attached hydrogens (primary N) is 1. The molecule has 0 atom stereocenters. The van der Waals surface area contributed by atoms with E-state index in [0.717, 1.165) is 25.7 Å². The van der Waals surface area contributed by atoms with Gasteiger partial charge in [0, 0.05) is 19.1 Å². The van der Waals surface area contributed by atoms with E-state index in [0.29, 0.717) is 13.1 Å². The van der Waals surface area contributed by atoms with Crippen LogP contribution in [0.3, 0.4) is 0 Å². The van der Waals surface area contributed by atoms with Gasteiger partial charge in [0.1, 0.15) is 6.61 Å². The number of ether oxygens (including phenoxy) is 1.